The van der Waals surface area contributed by atoms with Crippen molar-refractivity contribution in [1.82, 2.24) is 4.72 Å². The van der Waals surface area contributed by atoms with Crippen LogP contribution in [0.15, 0.2) is 0 Å². The van der Waals surface area contributed by atoms with E-state index in [1.165, 1.54) is 0 Å². The number of sulfonamides is 1. The van der Waals surface area contributed by atoms with Gasteiger partial charge >= 0.3 is 0 Å². The van der Waals surface area contributed by atoms with Crippen LogP contribution in [0.5, 0.6) is 0 Å². The molecule has 0 bridgehead atoms. The van der Waals surface area contributed by atoms with Gasteiger partial charge in [0.05, 0.1) is 5.25 Å². The maximum absolute atomic E-state index is 11.6. The van der Waals surface area contributed by atoms with Gasteiger partial charge in [-0.1, -0.05) is 15.9 Å². The fraction of sp³-hybridized carbons (Fsp3) is 1.00. The average molecular weight is 282 g/mol. The van der Waals surface area contributed by atoms with Gasteiger partial charge in [-0.2, -0.15) is 0 Å². The Kier molecular flexibility index (Phi) is 3.19. The smallest absolute Gasteiger partial charge is 0.212 e. The topological polar surface area (TPSA) is 46.2 Å². The van der Waals surface area contributed by atoms with E-state index in [0.717, 1.165) is 38.5 Å². The van der Waals surface area contributed by atoms with Gasteiger partial charge in [-0.15, -0.1) is 0 Å². The Morgan fingerprint density at radius 3 is 2.07 bits per heavy atom. The van der Waals surface area contributed by atoms with Crippen molar-refractivity contribution >= 4 is 26.0 Å². The van der Waals surface area contributed by atoms with Crippen LogP contribution in [0.1, 0.15) is 38.5 Å². The molecule has 0 unspecified atom stereocenters. The monoisotopic (exact) mass is 281 g/mol. The second kappa shape index (κ2) is 4.10. The van der Waals surface area contributed by atoms with Gasteiger partial charge in [-0.3, -0.25) is 0 Å². The summed E-state index contributed by atoms with van der Waals surface area (Å²) in [5.41, 5.74) is 0. The summed E-state index contributed by atoms with van der Waals surface area (Å²) in [6.07, 6.45) is 5.81. The Labute approximate surface area is 93.8 Å². The second-order valence-corrected chi connectivity index (χ2v) is 7.60. The third-order valence-corrected chi connectivity index (χ3v) is 5.88. The van der Waals surface area contributed by atoms with E-state index < -0.39 is 10.0 Å². The first-order valence-corrected chi connectivity index (χ1v) is 7.69. The molecule has 0 radical (unpaired) electrons. The van der Waals surface area contributed by atoms with Crippen molar-refractivity contribution in [2.45, 2.75) is 54.6 Å². The lowest BCUT2D eigenvalue weighted by atomic mass is 9.96. The van der Waals surface area contributed by atoms with Crippen LogP contribution in [0.2, 0.25) is 0 Å². The van der Waals surface area contributed by atoms with Crippen molar-refractivity contribution in [2.24, 2.45) is 0 Å². The molecule has 2 aliphatic rings. The van der Waals surface area contributed by atoms with Gasteiger partial charge in [0.2, 0.25) is 10.0 Å². The highest BCUT2D eigenvalue weighted by atomic mass is 79.9. The van der Waals surface area contributed by atoms with Gasteiger partial charge in [0.1, 0.15) is 0 Å². The largest absolute Gasteiger partial charge is 0.214 e. The summed E-state index contributed by atoms with van der Waals surface area (Å²) in [4.78, 5) is 0.587. The van der Waals surface area contributed by atoms with Crippen LogP contribution in [-0.2, 0) is 10.0 Å². The molecule has 0 heterocycles. The highest BCUT2D eigenvalue weighted by molar-refractivity contribution is 9.09. The minimum absolute atomic E-state index is 0.0795. The highest BCUT2D eigenvalue weighted by Crippen LogP contribution is 2.30. The third-order valence-electron chi connectivity index (χ3n) is 2.95. The molecule has 14 heavy (non-hydrogen) atoms. The lowest BCUT2D eigenvalue weighted by Crippen LogP contribution is -2.39. The van der Waals surface area contributed by atoms with E-state index in [4.69, 9.17) is 0 Å². The van der Waals surface area contributed by atoms with Crippen molar-refractivity contribution in [3.8, 4) is 0 Å². The average Bonchev–Trinajstić information content (AvgIpc) is 2.91. The molecule has 0 saturated heterocycles. The Bertz CT molecular complexity index is 292. The van der Waals surface area contributed by atoms with Gasteiger partial charge in [-0.05, 0) is 38.5 Å². The summed E-state index contributed by atoms with van der Waals surface area (Å²) in [6.45, 7) is 0. The normalized spacial score (nSPS) is 34.4. The summed E-state index contributed by atoms with van der Waals surface area (Å²) >= 11 is 3.56. The molecule has 2 aliphatic carbocycles. The zero-order valence-electron chi connectivity index (χ0n) is 8.08. The number of alkyl halides is 1. The predicted molar refractivity (Wildman–Crippen MR) is 60.0 cm³/mol. The number of hydrogen-bond acceptors (Lipinski definition) is 2. The van der Waals surface area contributed by atoms with Gasteiger partial charge in [0, 0.05) is 10.9 Å². The van der Waals surface area contributed by atoms with E-state index in [9.17, 15) is 8.42 Å². The molecule has 0 aromatic heterocycles. The number of rotatable bonds is 3. The Balaban J connectivity index is 1.85. The molecule has 82 valence electrons. The molecule has 0 aromatic carbocycles. The SMILES string of the molecule is O=S(=O)(NC1CCC(Br)CC1)C1CC1. The van der Waals surface area contributed by atoms with Crippen LogP contribution >= 0.6 is 15.9 Å². The maximum Gasteiger partial charge on any atom is 0.214 e. The first-order valence-electron chi connectivity index (χ1n) is 5.23. The quantitative estimate of drug-likeness (QED) is 0.802. The van der Waals surface area contributed by atoms with E-state index in [1.54, 1.807) is 0 Å². The maximum atomic E-state index is 11.6. The molecule has 2 saturated carbocycles. The third kappa shape index (κ3) is 2.70. The number of halogens is 1. The summed E-state index contributed by atoms with van der Waals surface area (Å²) < 4.78 is 26.1. The zero-order valence-corrected chi connectivity index (χ0v) is 10.5. The molecular formula is C9H16BrNO2S. The molecule has 0 atom stereocenters. The van der Waals surface area contributed by atoms with Crippen molar-refractivity contribution in [1.29, 1.82) is 0 Å². The van der Waals surface area contributed by atoms with Crippen molar-refractivity contribution in [3.05, 3.63) is 0 Å². The van der Waals surface area contributed by atoms with Crippen LogP contribution in [0, 0.1) is 0 Å². The van der Waals surface area contributed by atoms with Gasteiger partial charge < -0.3 is 0 Å². The van der Waals surface area contributed by atoms with Crippen LogP contribution < -0.4 is 4.72 Å². The van der Waals surface area contributed by atoms with Crippen LogP contribution in [0.3, 0.4) is 0 Å². The van der Waals surface area contributed by atoms with E-state index in [-0.39, 0.29) is 11.3 Å². The van der Waals surface area contributed by atoms with Crippen LogP contribution in [-0.4, -0.2) is 24.5 Å². The summed E-state index contributed by atoms with van der Waals surface area (Å²) in [5.74, 6) is 0. The molecule has 2 rings (SSSR count). The summed E-state index contributed by atoms with van der Waals surface area (Å²) in [5, 5.41) is -0.0795. The first-order chi connectivity index (χ1) is 6.58. The fourth-order valence-corrected chi connectivity index (χ4v) is 4.06. The van der Waals surface area contributed by atoms with Gasteiger partial charge in [-0.25, -0.2) is 13.1 Å². The zero-order chi connectivity index (χ0) is 10.2. The van der Waals surface area contributed by atoms with E-state index in [2.05, 4.69) is 20.7 Å². The second-order valence-electron chi connectivity index (χ2n) is 4.31. The van der Waals surface area contributed by atoms with Crippen molar-refractivity contribution in [3.63, 3.8) is 0 Å². The lowest BCUT2D eigenvalue weighted by Gasteiger charge is -2.25. The summed E-state index contributed by atoms with van der Waals surface area (Å²) in [6, 6.07) is 0.189. The standard InChI is InChI=1S/C9H16BrNO2S/c10-7-1-3-8(4-2-7)11-14(12,13)9-5-6-9/h7-9,11H,1-6H2. The first kappa shape index (κ1) is 10.9. The molecule has 0 aromatic rings. The van der Waals surface area contributed by atoms with E-state index in [0.29, 0.717) is 4.83 Å². The Morgan fingerprint density at radius 2 is 1.57 bits per heavy atom. The summed E-state index contributed by atoms with van der Waals surface area (Å²) in [7, 11) is -2.97. The molecule has 0 spiro atoms. The molecule has 0 amide bonds. The minimum atomic E-state index is -2.97. The highest BCUT2D eigenvalue weighted by Gasteiger charge is 2.37. The predicted octanol–water partition coefficient (Wildman–Crippen LogP) is 1.77. The molecular weight excluding hydrogens is 266 g/mol. The van der Waals surface area contributed by atoms with Crippen LogP contribution in [0.4, 0.5) is 0 Å². The molecule has 0 aliphatic heterocycles. The lowest BCUT2D eigenvalue weighted by molar-refractivity contribution is 0.422. The van der Waals surface area contributed by atoms with Crippen molar-refractivity contribution < 1.29 is 8.42 Å². The molecule has 5 heteroatoms. The van der Waals surface area contributed by atoms with E-state index in [1.807, 2.05) is 0 Å². The molecule has 2 fully saturated rings. The Hall–Kier alpha value is 0.390. The van der Waals surface area contributed by atoms with E-state index >= 15 is 0 Å². The number of nitrogens with one attached hydrogen (secondary N) is 1. The van der Waals surface area contributed by atoms with Gasteiger partial charge in [0.15, 0.2) is 0 Å². The Morgan fingerprint density at radius 1 is 1.00 bits per heavy atom. The molecule has 3 nitrogen and oxygen atoms in total. The minimum Gasteiger partial charge on any atom is -0.212 e. The van der Waals surface area contributed by atoms with Crippen LogP contribution in [0.25, 0.3) is 0 Å². The fourth-order valence-electron chi connectivity index (χ4n) is 1.88. The molecule has 1 N–H and O–H groups in total. The van der Waals surface area contributed by atoms with Crippen molar-refractivity contribution in [2.75, 3.05) is 0 Å². The number of hydrogen-bond donors (Lipinski definition) is 1. The van der Waals surface area contributed by atoms with Gasteiger partial charge in [0.25, 0.3) is 0 Å².